The van der Waals surface area contributed by atoms with Crippen LogP contribution >= 0.6 is 0 Å². The number of pyridine rings is 1. The van der Waals surface area contributed by atoms with Crippen LogP contribution in [-0.4, -0.2) is 24.0 Å². The van der Waals surface area contributed by atoms with Crippen molar-refractivity contribution in [2.75, 3.05) is 18.4 Å². The van der Waals surface area contributed by atoms with Gasteiger partial charge < -0.3 is 10.6 Å². The first-order valence-corrected chi connectivity index (χ1v) is 8.58. The molecule has 1 amide bonds. The first-order chi connectivity index (χ1) is 12.1. The highest BCUT2D eigenvalue weighted by Gasteiger charge is 2.11. The lowest BCUT2D eigenvalue weighted by molar-refractivity contribution is 0.0952. The van der Waals surface area contributed by atoms with Crippen LogP contribution in [0.15, 0.2) is 54.6 Å². The van der Waals surface area contributed by atoms with E-state index >= 15 is 0 Å². The molecule has 4 heteroatoms. The third kappa shape index (κ3) is 4.35. The summed E-state index contributed by atoms with van der Waals surface area (Å²) in [5.74, 6) is -0.0619. The highest BCUT2D eigenvalue weighted by atomic mass is 16.1. The number of anilines is 1. The SMILES string of the molecule is Cc1ccc2nc(C)c(C(=O)NCCCNc3ccccc3)cc2c1. The van der Waals surface area contributed by atoms with E-state index in [-0.39, 0.29) is 5.91 Å². The number of rotatable bonds is 6. The van der Waals surface area contributed by atoms with Gasteiger partial charge in [-0.15, -0.1) is 0 Å². The topological polar surface area (TPSA) is 54.0 Å². The van der Waals surface area contributed by atoms with E-state index in [2.05, 4.69) is 21.7 Å². The van der Waals surface area contributed by atoms with Crippen molar-refractivity contribution in [3.05, 3.63) is 71.4 Å². The van der Waals surface area contributed by atoms with Crippen LogP contribution in [0.4, 0.5) is 5.69 Å². The van der Waals surface area contributed by atoms with Crippen LogP contribution < -0.4 is 10.6 Å². The standard InChI is InChI=1S/C21H23N3O/c1-15-9-10-20-17(13-15)14-19(16(2)24-20)21(25)23-12-6-11-22-18-7-4-3-5-8-18/h3-5,7-10,13-14,22H,6,11-12H2,1-2H3,(H,23,25). The summed E-state index contributed by atoms with van der Waals surface area (Å²) in [5.41, 5.74) is 4.59. The van der Waals surface area contributed by atoms with Crippen LogP contribution in [0, 0.1) is 13.8 Å². The second-order valence-electron chi connectivity index (χ2n) is 6.22. The van der Waals surface area contributed by atoms with E-state index in [0.717, 1.165) is 40.8 Å². The van der Waals surface area contributed by atoms with E-state index in [1.54, 1.807) is 0 Å². The fourth-order valence-corrected chi connectivity index (χ4v) is 2.80. The van der Waals surface area contributed by atoms with Gasteiger partial charge in [-0.3, -0.25) is 9.78 Å². The van der Waals surface area contributed by atoms with Gasteiger partial charge in [-0.2, -0.15) is 0 Å². The molecule has 0 aliphatic rings. The monoisotopic (exact) mass is 333 g/mol. The Balaban J connectivity index is 1.56. The molecule has 128 valence electrons. The van der Waals surface area contributed by atoms with Gasteiger partial charge in [0.25, 0.3) is 5.91 Å². The maximum Gasteiger partial charge on any atom is 0.253 e. The van der Waals surface area contributed by atoms with Crippen molar-refractivity contribution in [1.29, 1.82) is 0 Å². The number of hydrogen-bond donors (Lipinski definition) is 2. The van der Waals surface area contributed by atoms with Crippen LogP contribution in [0.3, 0.4) is 0 Å². The minimum Gasteiger partial charge on any atom is -0.385 e. The Hall–Kier alpha value is -2.88. The second kappa shape index (κ2) is 7.79. The predicted molar refractivity (Wildman–Crippen MR) is 103 cm³/mol. The molecule has 0 fully saturated rings. The molecule has 0 unspecified atom stereocenters. The van der Waals surface area contributed by atoms with Crippen molar-refractivity contribution in [3.63, 3.8) is 0 Å². The zero-order chi connectivity index (χ0) is 17.6. The predicted octanol–water partition coefficient (Wildman–Crippen LogP) is 4.08. The Morgan fingerprint density at radius 2 is 1.80 bits per heavy atom. The molecule has 3 rings (SSSR count). The molecule has 0 saturated heterocycles. The summed E-state index contributed by atoms with van der Waals surface area (Å²) in [5, 5.41) is 7.32. The van der Waals surface area contributed by atoms with Gasteiger partial charge in [0.1, 0.15) is 0 Å². The number of nitrogens with one attached hydrogen (secondary N) is 2. The molecule has 2 N–H and O–H groups in total. The largest absolute Gasteiger partial charge is 0.385 e. The number of aromatic nitrogens is 1. The van der Waals surface area contributed by atoms with Crippen molar-refractivity contribution in [2.45, 2.75) is 20.3 Å². The number of fused-ring (bicyclic) bond motifs is 1. The Bertz CT molecular complexity index is 875. The summed E-state index contributed by atoms with van der Waals surface area (Å²) in [4.78, 5) is 17.0. The molecule has 4 nitrogen and oxygen atoms in total. The molecule has 0 aliphatic carbocycles. The van der Waals surface area contributed by atoms with Crippen LogP contribution in [0.25, 0.3) is 10.9 Å². The van der Waals surface area contributed by atoms with E-state index in [0.29, 0.717) is 12.1 Å². The fraction of sp³-hybridized carbons (Fsp3) is 0.238. The molecular formula is C21H23N3O. The second-order valence-corrected chi connectivity index (χ2v) is 6.22. The molecular weight excluding hydrogens is 310 g/mol. The lowest BCUT2D eigenvalue weighted by Crippen LogP contribution is -2.26. The van der Waals surface area contributed by atoms with Crippen LogP contribution in [0.2, 0.25) is 0 Å². The summed E-state index contributed by atoms with van der Waals surface area (Å²) >= 11 is 0. The first-order valence-electron chi connectivity index (χ1n) is 8.58. The number of benzene rings is 2. The Morgan fingerprint density at radius 1 is 1.00 bits per heavy atom. The summed E-state index contributed by atoms with van der Waals surface area (Å²) < 4.78 is 0. The van der Waals surface area contributed by atoms with E-state index in [1.165, 1.54) is 0 Å². The minimum absolute atomic E-state index is 0.0619. The number of amides is 1. The van der Waals surface area contributed by atoms with E-state index < -0.39 is 0 Å². The molecule has 1 aromatic heterocycles. The van der Waals surface area contributed by atoms with Gasteiger partial charge >= 0.3 is 0 Å². The molecule has 25 heavy (non-hydrogen) atoms. The van der Waals surface area contributed by atoms with Crippen molar-refractivity contribution in [2.24, 2.45) is 0 Å². The van der Waals surface area contributed by atoms with Gasteiger partial charge in [-0.25, -0.2) is 0 Å². The van der Waals surface area contributed by atoms with Gasteiger partial charge in [0.2, 0.25) is 0 Å². The van der Waals surface area contributed by atoms with Crippen molar-refractivity contribution in [1.82, 2.24) is 10.3 Å². The molecule has 0 atom stereocenters. The van der Waals surface area contributed by atoms with Crippen molar-refractivity contribution >= 4 is 22.5 Å². The van der Waals surface area contributed by atoms with Gasteiger partial charge in [-0.1, -0.05) is 29.8 Å². The van der Waals surface area contributed by atoms with Gasteiger partial charge in [-0.05, 0) is 50.6 Å². The quantitative estimate of drug-likeness (QED) is 0.668. The van der Waals surface area contributed by atoms with Crippen molar-refractivity contribution in [3.8, 4) is 0 Å². The Kier molecular flexibility index (Phi) is 5.29. The normalized spacial score (nSPS) is 10.6. The average Bonchev–Trinajstić information content (AvgIpc) is 2.62. The number of para-hydroxylation sites is 1. The summed E-state index contributed by atoms with van der Waals surface area (Å²) in [7, 11) is 0. The van der Waals surface area contributed by atoms with Gasteiger partial charge in [0, 0.05) is 24.2 Å². The molecule has 2 aromatic carbocycles. The van der Waals surface area contributed by atoms with E-state index in [4.69, 9.17) is 0 Å². The molecule has 3 aromatic rings. The number of aryl methyl sites for hydroxylation is 2. The average molecular weight is 333 g/mol. The van der Waals surface area contributed by atoms with E-state index in [9.17, 15) is 4.79 Å². The maximum absolute atomic E-state index is 12.5. The third-order valence-electron chi connectivity index (χ3n) is 4.15. The van der Waals surface area contributed by atoms with E-state index in [1.807, 2.05) is 62.4 Å². The summed E-state index contributed by atoms with van der Waals surface area (Å²) in [6.07, 6.45) is 0.861. The van der Waals surface area contributed by atoms with Crippen LogP contribution in [0.5, 0.6) is 0 Å². The number of hydrogen-bond acceptors (Lipinski definition) is 3. The highest BCUT2D eigenvalue weighted by molar-refractivity contribution is 5.98. The highest BCUT2D eigenvalue weighted by Crippen LogP contribution is 2.18. The lowest BCUT2D eigenvalue weighted by atomic mass is 10.1. The molecule has 0 bridgehead atoms. The summed E-state index contributed by atoms with van der Waals surface area (Å²) in [6, 6.07) is 18.1. The number of carbonyl (C=O) groups is 1. The molecule has 0 spiro atoms. The molecule has 0 saturated carbocycles. The smallest absolute Gasteiger partial charge is 0.253 e. The number of nitrogens with zero attached hydrogens (tertiary/aromatic N) is 1. The minimum atomic E-state index is -0.0619. The fourth-order valence-electron chi connectivity index (χ4n) is 2.80. The lowest BCUT2D eigenvalue weighted by Gasteiger charge is -2.10. The number of carbonyl (C=O) groups excluding carboxylic acids is 1. The van der Waals surface area contributed by atoms with Gasteiger partial charge in [0.15, 0.2) is 0 Å². The van der Waals surface area contributed by atoms with Crippen LogP contribution in [-0.2, 0) is 0 Å². The van der Waals surface area contributed by atoms with Gasteiger partial charge in [0.05, 0.1) is 16.8 Å². The summed E-state index contributed by atoms with van der Waals surface area (Å²) in [6.45, 7) is 5.37. The molecule has 1 heterocycles. The van der Waals surface area contributed by atoms with Crippen molar-refractivity contribution < 1.29 is 4.79 Å². The molecule has 0 radical (unpaired) electrons. The zero-order valence-electron chi connectivity index (χ0n) is 14.7. The maximum atomic E-state index is 12.5. The Labute approximate surface area is 148 Å². The molecule has 0 aliphatic heterocycles. The zero-order valence-corrected chi connectivity index (χ0v) is 14.7. The Morgan fingerprint density at radius 3 is 2.60 bits per heavy atom. The first kappa shape index (κ1) is 17.0. The third-order valence-corrected chi connectivity index (χ3v) is 4.15. The van der Waals surface area contributed by atoms with Crippen LogP contribution in [0.1, 0.15) is 28.0 Å².